The van der Waals surface area contributed by atoms with E-state index in [0.717, 1.165) is 19.3 Å². The van der Waals surface area contributed by atoms with Crippen LogP contribution in [0.3, 0.4) is 0 Å². The number of carbonyl (C=O) groups is 1. The first-order chi connectivity index (χ1) is 10.9. The van der Waals surface area contributed by atoms with Gasteiger partial charge < -0.3 is 10.4 Å². The molecule has 1 heterocycles. The molecule has 0 saturated carbocycles. The number of amides is 1. The molecule has 1 aromatic rings. The molecule has 6 nitrogen and oxygen atoms in total. The summed E-state index contributed by atoms with van der Waals surface area (Å²) in [5.74, 6) is -0.422. The molecule has 1 aromatic carbocycles. The lowest BCUT2D eigenvalue weighted by Gasteiger charge is -2.26. The minimum atomic E-state index is -3.59. The fraction of sp³-hybridized carbons (Fsp3) is 0.533. The number of sulfonamides is 1. The van der Waals surface area contributed by atoms with E-state index in [1.807, 2.05) is 0 Å². The normalized spacial score (nSPS) is 17.7. The molecule has 0 bridgehead atoms. The summed E-state index contributed by atoms with van der Waals surface area (Å²) in [7, 11) is -3.59. The van der Waals surface area contributed by atoms with Crippen LogP contribution in [0, 0.1) is 0 Å². The molecule has 1 aliphatic rings. The van der Waals surface area contributed by atoms with Crippen molar-refractivity contribution in [2.45, 2.75) is 37.1 Å². The summed E-state index contributed by atoms with van der Waals surface area (Å²) in [6.07, 6.45) is 2.76. The Balaban J connectivity index is 2.30. The van der Waals surface area contributed by atoms with E-state index in [2.05, 4.69) is 21.2 Å². The molecule has 8 heteroatoms. The minimum absolute atomic E-state index is 0.115. The molecule has 1 atom stereocenters. The zero-order chi connectivity index (χ0) is 17.0. The molecular weight excluding hydrogens is 384 g/mol. The molecule has 0 spiro atoms. The highest BCUT2D eigenvalue weighted by Crippen LogP contribution is 2.25. The van der Waals surface area contributed by atoms with Crippen LogP contribution < -0.4 is 5.32 Å². The van der Waals surface area contributed by atoms with Gasteiger partial charge in [-0.05, 0) is 53.9 Å². The third-order valence-corrected chi connectivity index (χ3v) is 6.37. The molecule has 23 heavy (non-hydrogen) atoms. The van der Waals surface area contributed by atoms with Crippen LogP contribution in [0.2, 0.25) is 0 Å². The molecule has 2 N–H and O–H groups in total. The number of nitrogens with one attached hydrogen (secondary N) is 1. The lowest BCUT2D eigenvalue weighted by molar-refractivity contribution is 0.0921. The molecule has 2 rings (SSSR count). The predicted octanol–water partition coefficient (Wildman–Crippen LogP) is 1.73. The highest BCUT2D eigenvalue weighted by atomic mass is 79.9. The fourth-order valence-electron chi connectivity index (χ4n) is 2.44. The number of rotatable bonds is 5. The number of piperidine rings is 1. The van der Waals surface area contributed by atoms with Gasteiger partial charge in [0.1, 0.15) is 0 Å². The maximum atomic E-state index is 12.7. The number of aliphatic hydroxyl groups is 1. The Bertz CT molecular complexity index is 672. The third-order valence-electron chi connectivity index (χ3n) is 3.79. The van der Waals surface area contributed by atoms with Crippen molar-refractivity contribution in [3.05, 3.63) is 28.2 Å². The number of benzene rings is 1. The Kier molecular flexibility index (Phi) is 6.19. The SMILES string of the molecule is CC(CO)NC(=O)c1cc(S(=O)(=O)N2CCCCC2)ccc1Br. The first-order valence-electron chi connectivity index (χ1n) is 7.57. The summed E-state index contributed by atoms with van der Waals surface area (Å²) < 4.78 is 27.4. The summed E-state index contributed by atoms with van der Waals surface area (Å²) in [4.78, 5) is 12.3. The standard InChI is InChI=1S/C15H21BrN2O4S/c1-11(10-19)17-15(20)13-9-12(5-6-14(13)16)23(21,22)18-7-3-2-4-8-18/h5-6,9,11,19H,2-4,7-8,10H2,1H3,(H,17,20). The topological polar surface area (TPSA) is 86.7 Å². The minimum Gasteiger partial charge on any atom is -0.394 e. The van der Waals surface area contributed by atoms with Crippen LogP contribution in [0.25, 0.3) is 0 Å². The maximum absolute atomic E-state index is 12.7. The van der Waals surface area contributed by atoms with Gasteiger partial charge >= 0.3 is 0 Å². The van der Waals surface area contributed by atoms with Gasteiger partial charge in [-0.1, -0.05) is 6.42 Å². The van der Waals surface area contributed by atoms with Gasteiger partial charge in [0.05, 0.1) is 17.1 Å². The van der Waals surface area contributed by atoms with Crippen LogP contribution in [0.4, 0.5) is 0 Å². The van der Waals surface area contributed by atoms with Crippen LogP contribution in [0.5, 0.6) is 0 Å². The number of hydrogen-bond donors (Lipinski definition) is 2. The van der Waals surface area contributed by atoms with Gasteiger partial charge in [-0.3, -0.25) is 4.79 Å². The van der Waals surface area contributed by atoms with Crippen LogP contribution in [-0.4, -0.2) is 49.5 Å². The average molecular weight is 405 g/mol. The van der Waals surface area contributed by atoms with E-state index in [1.165, 1.54) is 16.4 Å². The van der Waals surface area contributed by atoms with Crippen molar-refractivity contribution in [2.75, 3.05) is 19.7 Å². The van der Waals surface area contributed by atoms with Crippen LogP contribution in [-0.2, 0) is 10.0 Å². The van der Waals surface area contributed by atoms with Crippen molar-refractivity contribution in [3.63, 3.8) is 0 Å². The van der Waals surface area contributed by atoms with Crippen LogP contribution in [0.1, 0.15) is 36.5 Å². The first kappa shape index (κ1) is 18.4. The van der Waals surface area contributed by atoms with Gasteiger partial charge in [-0.25, -0.2) is 8.42 Å². The van der Waals surface area contributed by atoms with E-state index < -0.39 is 22.0 Å². The number of halogens is 1. The van der Waals surface area contributed by atoms with Crippen molar-refractivity contribution in [3.8, 4) is 0 Å². The number of carbonyl (C=O) groups excluding carboxylic acids is 1. The predicted molar refractivity (Wildman–Crippen MR) is 90.8 cm³/mol. The Labute approximate surface area is 145 Å². The molecule has 128 valence electrons. The quantitative estimate of drug-likeness (QED) is 0.782. The molecule has 0 aliphatic carbocycles. The summed E-state index contributed by atoms with van der Waals surface area (Å²) in [5, 5.41) is 11.6. The van der Waals surface area contributed by atoms with Gasteiger partial charge in [-0.15, -0.1) is 0 Å². The molecule has 1 unspecified atom stereocenters. The molecule has 0 radical (unpaired) electrons. The monoisotopic (exact) mass is 404 g/mol. The molecular formula is C15H21BrN2O4S. The van der Waals surface area contributed by atoms with Crippen molar-refractivity contribution in [2.24, 2.45) is 0 Å². The van der Waals surface area contributed by atoms with Crippen LogP contribution >= 0.6 is 15.9 Å². The summed E-state index contributed by atoms with van der Waals surface area (Å²) in [6, 6.07) is 4.04. The Hall–Kier alpha value is -0.960. The zero-order valence-electron chi connectivity index (χ0n) is 13.0. The first-order valence-corrected chi connectivity index (χ1v) is 9.81. The van der Waals surface area contributed by atoms with Gasteiger partial charge in [-0.2, -0.15) is 4.31 Å². The highest BCUT2D eigenvalue weighted by Gasteiger charge is 2.27. The summed E-state index contributed by atoms with van der Waals surface area (Å²) in [5.41, 5.74) is 0.239. The Morgan fingerprint density at radius 2 is 2.00 bits per heavy atom. The molecule has 1 aliphatic heterocycles. The number of hydrogen-bond acceptors (Lipinski definition) is 4. The largest absolute Gasteiger partial charge is 0.394 e. The lowest BCUT2D eigenvalue weighted by atomic mass is 10.2. The smallest absolute Gasteiger partial charge is 0.252 e. The van der Waals surface area contributed by atoms with E-state index >= 15 is 0 Å². The highest BCUT2D eigenvalue weighted by molar-refractivity contribution is 9.10. The summed E-state index contributed by atoms with van der Waals surface area (Å²) in [6.45, 7) is 2.51. The van der Waals surface area contributed by atoms with Gasteiger partial charge in [0.15, 0.2) is 0 Å². The number of nitrogens with zero attached hydrogens (tertiary/aromatic N) is 1. The van der Waals surface area contributed by atoms with E-state index in [0.29, 0.717) is 17.6 Å². The second-order valence-electron chi connectivity index (χ2n) is 5.66. The molecule has 0 aromatic heterocycles. The molecule has 1 amide bonds. The van der Waals surface area contributed by atoms with Crippen molar-refractivity contribution < 1.29 is 18.3 Å². The van der Waals surface area contributed by atoms with Gasteiger partial charge in [0.2, 0.25) is 10.0 Å². The maximum Gasteiger partial charge on any atom is 0.252 e. The van der Waals surface area contributed by atoms with Crippen LogP contribution in [0.15, 0.2) is 27.6 Å². The van der Waals surface area contributed by atoms with Gasteiger partial charge in [0, 0.05) is 23.6 Å². The van der Waals surface area contributed by atoms with Crippen molar-refractivity contribution in [1.82, 2.24) is 9.62 Å². The second kappa shape index (κ2) is 7.74. The van der Waals surface area contributed by atoms with E-state index in [9.17, 15) is 13.2 Å². The number of aliphatic hydroxyl groups excluding tert-OH is 1. The summed E-state index contributed by atoms with van der Waals surface area (Å²) >= 11 is 3.27. The third kappa shape index (κ3) is 4.32. The zero-order valence-corrected chi connectivity index (χ0v) is 15.4. The molecule has 1 saturated heterocycles. The molecule has 1 fully saturated rings. The Morgan fingerprint density at radius 1 is 1.35 bits per heavy atom. The Morgan fingerprint density at radius 3 is 2.61 bits per heavy atom. The van der Waals surface area contributed by atoms with E-state index in [-0.39, 0.29) is 17.1 Å². The van der Waals surface area contributed by atoms with E-state index in [4.69, 9.17) is 5.11 Å². The van der Waals surface area contributed by atoms with Gasteiger partial charge in [0.25, 0.3) is 5.91 Å². The van der Waals surface area contributed by atoms with Crippen molar-refractivity contribution >= 4 is 31.9 Å². The van der Waals surface area contributed by atoms with Crippen molar-refractivity contribution in [1.29, 1.82) is 0 Å². The average Bonchev–Trinajstić information content (AvgIpc) is 2.55. The fourth-order valence-corrected chi connectivity index (χ4v) is 4.41. The van der Waals surface area contributed by atoms with E-state index in [1.54, 1.807) is 13.0 Å². The lowest BCUT2D eigenvalue weighted by Crippen LogP contribution is -2.36. The second-order valence-corrected chi connectivity index (χ2v) is 8.46.